The van der Waals surface area contributed by atoms with Crippen LogP contribution in [0.25, 0.3) is 21.3 Å². The third-order valence-electron chi connectivity index (χ3n) is 6.61. The molecule has 198 valence electrons. The number of amides is 1. The monoisotopic (exact) mass is 540 g/mol. The van der Waals surface area contributed by atoms with Crippen LogP contribution in [0.15, 0.2) is 55.1 Å². The van der Waals surface area contributed by atoms with Crippen molar-refractivity contribution < 1.29 is 9.53 Å². The second-order valence-corrected chi connectivity index (χ2v) is 10.9. The molecule has 4 aromatic heterocycles. The van der Waals surface area contributed by atoms with Crippen LogP contribution in [-0.2, 0) is 17.8 Å². The van der Waals surface area contributed by atoms with E-state index in [2.05, 4.69) is 30.5 Å². The van der Waals surface area contributed by atoms with E-state index in [1.807, 2.05) is 61.2 Å². The minimum absolute atomic E-state index is 0.0441. The van der Waals surface area contributed by atoms with Crippen LogP contribution in [0.5, 0.6) is 11.5 Å². The van der Waals surface area contributed by atoms with Gasteiger partial charge >= 0.3 is 0 Å². The Morgan fingerprint density at radius 2 is 2.13 bits per heavy atom. The van der Waals surface area contributed by atoms with Gasteiger partial charge in [-0.3, -0.25) is 9.89 Å². The van der Waals surface area contributed by atoms with Gasteiger partial charge in [0.15, 0.2) is 5.65 Å². The molecular weight excluding hydrogens is 512 g/mol. The van der Waals surface area contributed by atoms with Crippen molar-refractivity contribution in [1.29, 1.82) is 0 Å². The minimum Gasteiger partial charge on any atom is -0.455 e. The average molecular weight is 541 g/mol. The van der Waals surface area contributed by atoms with Gasteiger partial charge in [0.1, 0.15) is 28.5 Å². The number of aromatic amines is 1. The Labute approximate surface area is 229 Å². The smallest absolute Gasteiger partial charge is 0.246 e. The zero-order valence-electron chi connectivity index (χ0n) is 21.9. The number of likely N-dealkylation sites (N-methyl/N-ethyl adjacent to an activating group) is 1. The molecule has 0 aliphatic carbocycles. The number of nitrogens with one attached hydrogen (secondary N) is 2. The van der Waals surface area contributed by atoms with Crippen LogP contribution in [-0.4, -0.2) is 68.0 Å². The third-order valence-corrected chi connectivity index (χ3v) is 7.74. The van der Waals surface area contributed by atoms with Gasteiger partial charge in [0.2, 0.25) is 5.91 Å². The van der Waals surface area contributed by atoms with E-state index in [1.54, 1.807) is 36.1 Å². The van der Waals surface area contributed by atoms with Gasteiger partial charge in [-0.1, -0.05) is 6.08 Å². The number of benzene rings is 1. The van der Waals surface area contributed by atoms with Gasteiger partial charge in [0, 0.05) is 35.1 Å². The van der Waals surface area contributed by atoms with E-state index in [0.29, 0.717) is 18.8 Å². The molecule has 0 saturated heterocycles. The predicted molar refractivity (Wildman–Crippen MR) is 153 cm³/mol. The Morgan fingerprint density at radius 1 is 1.23 bits per heavy atom. The molecule has 0 atom stereocenters. The molecule has 0 saturated carbocycles. The quantitative estimate of drug-likeness (QED) is 0.283. The first kappa shape index (κ1) is 25.0. The average Bonchev–Trinajstić information content (AvgIpc) is 3.54. The van der Waals surface area contributed by atoms with Crippen molar-refractivity contribution in [1.82, 2.24) is 34.9 Å². The highest BCUT2D eigenvalue weighted by molar-refractivity contribution is 7.19. The van der Waals surface area contributed by atoms with E-state index in [9.17, 15) is 4.79 Å². The topological polar surface area (TPSA) is 112 Å². The van der Waals surface area contributed by atoms with Gasteiger partial charge in [-0.2, -0.15) is 5.10 Å². The van der Waals surface area contributed by atoms with E-state index in [4.69, 9.17) is 4.74 Å². The first-order chi connectivity index (χ1) is 18.9. The SMILES string of the molecule is Cc1cc(Nc2ncnc3sc4c(c23)CCN(C(=O)/C=C/CN(C)C)C4)ccc1Oc1cnc2[nH]ncc2c1. The molecule has 0 spiro atoms. The number of ether oxygens (including phenoxy) is 1. The number of hydrogen-bond acceptors (Lipinski definition) is 9. The molecule has 5 heterocycles. The lowest BCUT2D eigenvalue weighted by atomic mass is 10.0. The summed E-state index contributed by atoms with van der Waals surface area (Å²) in [7, 11) is 3.96. The van der Waals surface area contributed by atoms with Crippen LogP contribution in [0.2, 0.25) is 0 Å². The Bertz CT molecular complexity index is 1710. The van der Waals surface area contributed by atoms with E-state index in [0.717, 1.165) is 61.9 Å². The summed E-state index contributed by atoms with van der Waals surface area (Å²) in [6.45, 7) is 4.00. The molecule has 10 nitrogen and oxygen atoms in total. The number of rotatable bonds is 7. The van der Waals surface area contributed by atoms with Crippen molar-refractivity contribution >= 4 is 50.0 Å². The van der Waals surface area contributed by atoms with Crippen molar-refractivity contribution in [3.63, 3.8) is 0 Å². The van der Waals surface area contributed by atoms with Crippen LogP contribution in [0.1, 0.15) is 16.0 Å². The number of H-pyrrole nitrogens is 1. The van der Waals surface area contributed by atoms with Gasteiger partial charge in [0.05, 0.1) is 24.3 Å². The summed E-state index contributed by atoms with van der Waals surface area (Å²) >= 11 is 1.63. The summed E-state index contributed by atoms with van der Waals surface area (Å²) in [5.74, 6) is 2.21. The fourth-order valence-electron chi connectivity index (χ4n) is 4.66. The first-order valence-electron chi connectivity index (χ1n) is 12.6. The molecule has 1 aromatic carbocycles. The summed E-state index contributed by atoms with van der Waals surface area (Å²) < 4.78 is 6.09. The Hall–Kier alpha value is -4.35. The van der Waals surface area contributed by atoms with Crippen molar-refractivity contribution in [3.8, 4) is 11.5 Å². The molecule has 5 aromatic rings. The summed E-state index contributed by atoms with van der Waals surface area (Å²) in [6.07, 6.45) is 9.34. The largest absolute Gasteiger partial charge is 0.455 e. The number of nitrogens with zero attached hydrogens (tertiary/aromatic N) is 6. The highest BCUT2D eigenvalue weighted by Gasteiger charge is 2.25. The van der Waals surface area contributed by atoms with Crippen LogP contribution in [0, 0.1) is 6.92 Å². The molecule has 1 aliphatic rings. The number of carbonyl (C=O) groups excluding carboxylic acids is 1. The fraction of sp³-hybridized carbons (Fsp3) is 0.250. The molecule has 0 bridgehead atoms. The number of aromatic nitrogens is 5. The maximum atomic E-state index is 12.7. The molecular formula is C28H28N8O2S. The lowest BCUT2D eigenvalue weighted by Gasteiger charge is -2.26. The zero-order chi connectivity index (χ0) is 26.9. The fourth-order valence-corrected chi connectivity index (χ4v) is 5.86. The Kier molecular flexibility index (Phi) is 6.67. The molecule has 0 radical (unpaired) electrons. The standard InChI is InChI=1S/C28H28N8O2S/c1-17-11-19(6-7-22(17)38-20-12-18-13-32-34-26(18)29-14-20)33-27-25-21-8-10-36(24(37)5-4-9-35(2)3)15-23(21)39-28(25)31-16-30-27/h4-7,11-14,16H,8-10,15H2,1-3H3,(H,29,32,34)(H,30,31,33)/b5-4+. The number of anilines is 2. The zero-order valence-corrected chi connectivity index (χ0v) is 22.7. The van der Waals surface area contributed by atoms with Crippen LogP contribution >= 0.6 is 11.3 Å². The summed E-state index contributed by atoms with van der Waals surface area (Å²) in [5, 5.41) is 12.3. The third kappa shape index (κ3) is 5.18. The number of fused-ring (bicyclic) bond motifs is 4. The number of pyridine rings is 1. The molecule has 1 amide bonds. The Balaban J connectivity index is 1.20. The second-order valence-electron chi connectivity index (χ2n) is 9.77. The molecule has 6 rings (SSSR count). The van der Waals surface area contributed by atoms with E-state index in [1.165, 1.54) is 5.56 Å². The van der Waals surface area contributed by atoms with E-state index >= 15 is 0 Å². The Morgan fingerprint density at radius 3 is 2.97 bits per heavy atom. The van der Waals surface area contributed by atoms with Crippen LogP contribution in [0.3, 0.4) is 0 Å². The lowest BCUT2D eigenvalue weighted by Crippen LogP contribution is -2.34. The molecule has 39 heavy (non-hydrogen) atoms. The van der Waals surface area contributed by atoms with Gasteiger partial charge in [-0.15, -0.1) is 11.3 Å². The van der Waals surface area contributed by atoms with E-state index in [-0.39, 0.29) is 5.91 Å². The maximum Gasteiger partial charge on any atom is 0.246 e. The summed E-state index contributed by atoms with van der Waals surface area (Å²) in [4.78, 5) is 32.2. The number of thiophene rings is 1. The highest BCUT2D eigenvalue weighted by atomic mass is 32.1. The summed E-state index contributed by atoms with van der Waals surface area (Å²) in [6, 6.07) is 7.85. The van der Waals surface area contributed by atoms with Crippen LogP contribution < -0.4 is 10.1 Å². The lowest BCUT2D eigenvalue weighted by molar-refractivity contribution is -0.126. The van der Waals surface area contributed by atoms with Crippen molar-refractivity contribution in [3.05, 3.63) is 71.1 Å². The molecule has 1 aliphatic heterocycles. The van der Waals surface area contributed by atoms with Crippen molar-refractivity contribution in [2.24, 2.45) is 0 Å². The van der Waals surface area contributed by atoms with Crippen molar-refractivity contribution in [2.45, 2.75) is 19.9 Å². The number of aryl methyl sites for hydroxylation is 1. The minimum atomic E-state index is 0.0441. The van der Waals surface area contributed by atoms with Gasteiger partial charge in [-0.25, -0.2) is 15.0 Å². The highest BCUT2D eigenvalue weighted by Crippen LogP contribution is 2.38. The van der Waals surface area contributed by atoms with E-state index < -0.39 is 0 Å². The molecule has 0 unspecified atom stereocenters. The van der Waals surface area contributed by atoms with Gasteiger partial charge in [0.25, 0.3) is 0 Å². The number of hydrogen-bond donors (Lipinski definition) is 2. The first-order valence-corrected chi connectivity index (χ1v) is 13.5. The molecule has 11 heteroatoms. The summed E-state index contributed by atoms with van der Waals surface area (Å²) in [5.41, 5.74) is 3.82. The predicted octanol–water partition coefficient (Wildman–Crippen LogP) is 4.81. The normalized spacial score (nSPS) is 13.5. The number of carbonyl (C=O) groups is 1. The van der Waals surface area contributed by atoms with Crippen molar-refractivity contribution in [2.75, 3.05) is 32.5 Å². The van der Waals surface area contributed by atoms with Gasteiger partial charge < -0.3 is 19.9 Å². The van der Waals surface area contributed by atoms with Gasteiger partial charge in [-0.05, 0) is 62.8 Å². The molecule has 2 N–H and O–H groups in total. The molecule has 0 fully saturated rings. The second kappa shape index (κ2) is 10.4. The van der Waals surface area contributed by atoms with Crippen LogP contribution in [0.4, 0.5) is 11.5 Å². The maximum absolute atomic E-state index is 12.7.